The summed E-state index contributed by atoms with van der Waals surface area (Å²) in [7, 11) is 1.46. The van der Waals surface area contributed by atoms with Crippen LogP contribution in [0.5, 0.6) is 0 Å². The first kappa shape index (κ1) is 26.4. The van der Waals surface area contributed by atoms with E-state index in [0.717, 1.165) is 37.7 Å². The van der Waals surface area contributed by atoms with Crippen molar-refractivity contribution in [3.63, 3.8) is 0 Å². The number of esters is 1. The molecule has 0 amide bonds. The van der Waals surface area contributed by atoms with Gasteiger partial charge < -0.3 is 14.6 Å². The number of fused-ring (bicyclic) bond motifs is 7. The molecule has 0 spiro atoms. The maximum atomic E-state index is 14.3. The van der Waals surface area contributed by atoms with Gasteiger partial charge in [0.15, 0.2) is 11.6 Å². The van der Waals surface area contributed by atoms with E-state index in [9.17, 15) is 19.5 Å². The Balaban J connectivity index is 1.71. The summed E-state index contributed by atoms with van der Waals surface area (Å²) in [6.45, 7) is 20.1. The molecule has 0 heterocycles. The van der Waals surface area contributed by atoms with Gasteiger partial charge >= 0.3 is 5.97 Å². The van der Waals surface area contributed by atoms with Crippen LogP contribution in [0.3, 0.4) is 0 Å². The molecular formula is C31H41NO5. The molecule has 0 aromatic carbocycles. The number of nitrogens with zero attached hydrogens (tertiary/aromatic N) is 1. The van der Waals surface area contributed by atoms with Crippen LogP contribution in [0.4, 0.5) is 0 Å². The second-order valence-electron chi connectivity index (χ2n) is 14.3. The Morgan fingerprint density at radius 1 is 1.05 bits per heavy atom. The number of carbonyl (C=O) groups is 3. The van der Waals surface area contributed by atoms with Crippen molar-refractivity contribution in [2.45, 2.75) is 92.1 Å². The molecule has 3 saturated carbocycles. The van der Waals surface area contributed by atoms with E-state index in [1.54, 1.807) is 12.2 Å². The third-order valence-electron chi connectivity index (χ3n) is 12.1. The van der Waals surface area contributed by atoms with Crippen LogP contribution in [0.1, 0.15) is 86.5 Å². The van der Waals surface area contributed by atoms with Crippen LogP contribution in [0.2, 0.25) is 0 Å². The number of hydrogen-bond acceptors (Lipinski definition) is 5. The van der Waals surface area contributed by atoms with Gasteiger partial charge in [0.25, 0.3) is 0 Å². The van der Waals surface area contributed by atoms with Gasteiger partial charge in [0.1, 0.15) is 5.60 Å². The molecule has 200 valence electrons. The Kier molecular flexibility index (Phi) is 5.45. The highest BCUT2D eigenvalue weighted by Gasteiger charge is 2.71. The minimum Gasteiger partial charge on any atom is -0.469 e. The second-order valence-corrected chi connectivity index (χ2v) is 14.3. The van der Waals surface area contributed by atoms with Crippen molar-refractivity contribution in [2.24, 2.45) is 44.8 Å². The van der Waals surface area contributed by atoms with Crippen molar-refractivity contribution in [3.8, 4) is 0 Å². The van der Waals surface area contributed by atoms with Gasteiger partial charge in [-0.05, 0) is 80.1 Å². The fourth-order valence-electron chi connectivity index (χ4n) is 9.84. The average Bonchev–Trinajstić information content (AvgIpc) is 2.82. The quantitative estimate of drug-likeness (QED) is 0.376. The normalized spacial score (nSPS) is 48.2. The monoisotopic (exact) mass is 507 g/mol. The lowest BCUT2D eigenvalue weighted by atomic mass is 9.34. The summed E-state index contributed by atoms with van der Waals surface area (Å²) in [6.07, 6.45) is 8.80. The molecule has 0 unspecified atom stereocenters. The van der Waals surface area contributed by atoms with Gasteiger partial charge in [-0.15, -0.1) is 0 Å². The van der Waals surface area contributed by atoms with Crippen LogP contribution in [0, 0.1) is 51.4 Å². The van der Waals surface area contributed by atoms with Gasteiger partial charge in [-0.25, -0.2) is 4.85 Å². The average molecular weight is 508 g/mol. The van der Waals surface area contributed by atoms with E-state index in [0.29, 0.717) is 12.8 Å². The highest BCUT2D eigenvalue weighted by Crippen LogP contribution is 2.74. The summed E-state index contributed by atoms with van der Waals surface area (Å²) in [6, 6.07) is 0. The number of ketones is 2. The van der Waals surface area contributed by atoms with Gasteiger partial charge in [-0.2, -0.15) is 0 Å². The molecule has 0 radical (unpaired) electrons. The van der Waals surface area contributed by atoms with E-state index in [-0.39, 0.29) is 40.1 Å². The number of allylic oxidation sites excluding steroid dienone is 3. The number of methoxy groups -OCH3 is 1. The third kappa shape index (κ3) is 3.10. The van der Waals surface area contributed by atoms with Crippen LogP contribution in [0.25, 0.3) is 4.85 Å². The fourth-order valence-corrected chi connectivity index (χ4v) is 9.84. The SMILES string of the molecule is [C-]#[N+]C1=C[C@]2(C)C3=CC(=O)[C@@H]4[C@@H]5CC(C)(C)CC[C@]5(C(=O)OC)CC[C@@]4(C)[C@]3(C)CC[C@H]2[C@@](C)(O)C1=O. The van der Waals surface area contributed by atoms with Crippen molar-refractivity contribution in [2.75, 3.05) is 7.11 Å². The Morgan fingerprint density at radius 3 is 2.32 bits per heavy atom. The Hall–Kier alpha value is -2.26. The van der Waals surface area contributed by atoms with Gasteiger partial charge in [0.2, 0.25) is 5.70 Å². The van der Waals surface area contributed by atoms with Crippen molar-refractivity contribution in [1.82, 2.24) is 0 Å². The molecule has 0 bridgehead atoms. The zero-order valence-electron chi connectivity index (χ0n) is 23.4. The van der Waals surface area contributed by atoms with Gasteiger partial charge in [-0.1, -0.05) is 46.3 Å². The Bertz CT molecular complexity index is 1200. The molecule has 5 rings (SSSR count). The predicted molar refractivity (Wildman–Crippen MR) is 139 cm³/mol. The van der Waals surface area contributed by atoms with Crippen LogP contribution in [-0.2, 0) is 19.1 Å². The smallest absolute Gasteiger partial charge is 0.312 e. The standard InChI is InChI=1S/C31H41NO5/c1-26(2)11-13-31(25(35)37-8)14-12-29(5)23(18(31)16-26)20(33)15-22-27(3)17-19(32-7)24(34)30(6,36)21(27)9-10-28(22,29)4/h15,17-18,21,23,36H,9-14,16H2,1-6,8H3/t18-,21+,23-,27-,28+,29+,30+,31-/m0/s1. The molecule has 0 aliphatic heterocycles. The summed E-state index contributed by atoms with van der Waals surface area (Å²) in [5.41, 5.74) is -2.91. The summed E-state index contributed by atoms with van der Waals surface area (Å²) < 4.78 is 5.38. The first-order chi connectivity index (χ1) is 17.0. The first-order valence-corrected chi connectivity index (χ1v) is 13.8. The van der Waals surface area contributed by atoms with Crippen molar-refractivity contribution < 1.29 is 24.2 Å². The minimum atomic E-state index is -1.66. The molecule has 0 aromatic rings. The van der Waals surface area contributed by atoms with Crippen LogP contribution in [0.15, 0.2) is 23.4 Å². The molecule has 1 N–H and O–H groups in total. The molecule has 8 atom stereocenters. The minimum absolute atomic E-state index is 0.0327. The van der Waals surface area contributed by atoms with E-state index in [1.807, 2.05) is 6.92 Å². The Labute approximate surface area is 220 Å². The van der Waals surface area contributed by atoms with E-state index >= 15 is 0 Å². The fraction of sp³-hybridized carbons (Fsp3) is 0.742. The number of hydrogen-bond donors (Lipinski definition) is 1. The van der Waals surface area contributed by atoms with Gasteiger partial charge in [0.05, 0.1) is 19.1 Å². The van der Waals surface area contributed by atoms with Crippen molar-refractivity contribution in [3.05, 3.63) is 34.8 Å². The first-order valence-electron chi connectivity index (χ1n) is 13.8. The lowest BCUT2D eigenvalue weighted by Crippen LogP contribution is -2.66. The predicted octanol–water partition coefficient (Wildman–Crippen LogP) is 5.46. The van der Waals surface area contributed by atoms with E-state index in [4.69, 9.17) is 11.3 Å². The number of rotatable bonds is 1. The van der Waals surface area contributed by atoms with Gasteiger partial charge in [-0.3, -0.25) is 9.59 Å². The topological polar surface area (TPSA) is 85.0 Å². The largest absolute Gasteiger partial charge is 0.469 e. The summed E-state index contributed by atoms with van der Waals surface area (Å²) in [4.78, 5) is 44.1. The zero-order valence-corrected chi connectivity index (χ0v) is 23.4. The van der Waals surface area contributed by atoms with E-state index < -0.39 is 33.5 Å². The Morgan fingerprint density at radius 2 is 1.70 bits per heavy atom. The number of ether oxygens (including phenoxy) is 1. The zero-order chi connectivity index (χ0) is 27.4. The second kappa shape index (κ2) is 7.65. The van der Waals surface area contributed by atoms with Crippen LogP contribution >= 0.6 is 0 Å². The van der Waals surface area contributed by atoms with Crippen molar-refractivity contribution in [1.29, 1.82) is 0 Å². The number of carbonyl (C=O) groups excluding carboxylic acids is 3. The van der Waals surface area contributed by atoms with E-state index in [2.05, 4.69) is 32.5 Å². The molecule has 6 heteroatoms. The van der Waals surface area contributed by atoms with Crippen LogP contribution in [-0.4, -0.2) is 35.4 Å². The summed E-state index contributed by atoms with van der Waals surface area (Å²) in [5, 5.41) is 11.4. The molecule has 0 saturated heterocycles. The number of Topliss-reactive ketones (excluding diaryl/α,β-unsaturated/α-hetero) is 1. The molecule has 6 nitrogen and oxygen atoms in total. The molecule has 37 heavy (non-hydrogen) atoms. The highest BCUT2D eigenvalue weighted by atomic mass is 16.5. The maximum absolute atomic E-state index is 14.3. The molecule has 5 aliphatic carbocycles. The van der Waals surface area contributed by atoms with Crippen LogP contribution < -0.4 is 0 Å². The third-order valence-corrected chi connectivity index (χ3v) is 12.1. The molecule has 3 fully saturated rings. The molecule has 5 aliphatic rings. The molecule has 0 aromatic heterocycles. The molecular weight excluding hydrogens is 466 g/mol. The summed E-state index contributed by atoms with van der Waals surface area (Å²) in [5.74, 6) is -1.46. The summed E-state index contributed by atoms with van der Waals surface area (Å²) >= 11 is 0. The van der Waals surface area contributed by atoms with E-state index in [1.165, 1.54) is 14.0 Å². The highest BCUT2D eigenvalue weighted by molar-refractivity contribution is 6.05. The maximum Gasteiger partial charge on any atom is 0.312 e. The lowest BCUT2D eigenvalue weighted by Gasteiger charge is -2.68. The lowest BCUT2D eigenvalue weighted by molar-refractivity contribution is -0.192. The van der Waals surface area contributed by atoms with Crippen molar-refractivity contribution >= 4 is 17.5 Å². The number of aliphatic hydroxyl groups is 1. The van der Waals surface area contributed by atoms with Gasteiger partial charge in [0, 0.05) is 17.3 Å².